The van der Waals surface area contributed by atoms with Gasteiger partial charge in [0.1, 0.15) is 0 Å². The Morgan fingerprint density at radius 2 is 2.00 bits per heavy atom. The minimum absolute atomic E-state index is 0.314. The lowest BCUT2D eigenvalue weighted by molar-refractivity contribution is 0.0600. The number of ether oxygens (including phenoxy) is 1. The largest absolute Gasteiger partial charge is 0.465 e. The highest BCUT2D eigenvalue weighted by molar-refractivity contribution is 7.98. The van der Waals surface area contributed by atoms with E-state index in [1.165, 1.54) is 7.11 Å². The molecule has 0 radical (unpaired) electrons. The number of carbonyl (C=O) groups excluding carboxylic acids is 1. The van der Waals surface area contributed by atoms with Gasteiger partial charge in [0.15, 0.2) is 0 Å². The molecule has 19 heavy (non-hydrogen) atoms. The first-order valence-corrected chi connectivity index (χ1v) is 6.84. The molecule has 0 heterocycles. The Bertz CT molecular complexity index is 584. The van der Waals surface area contributed by atoms with Crippen LogP contribution in [0.2, 0.25) is 0 Å². The van der Waals surface area contributed by atoms with Crippen molar-refractivity contribution in [2.75, 3.05) is 12.8 Å². The van der Waals surface area contributed by atoms with Crippen molar-refractivity contribution < 1.29 is 9.53 Å². The zero-order chi connectivity index (χ0) is 13.7. The fourth-order valence-electron chi connectivity index (χ4n) is 1.68. The van der Waals surface area contributed by atoms with Gasteiger partial charge in [-0.3, -0.25) is 0 Å². The number of benzene rings is 2. The van der Waals surface area contributed by atoms with Crippen LogP contribution in [0.25, 0.3) is 0 Å². The molecule has 0 atom stereocenters. The summed E-state index contributed by atoms with van der Waals surface area (Å²) < 4.78 is 4.71. The van der Waals surface area contributed by atoms with E-state index < -0.39 is 0 Å². The molecule has 0 aliphatic carbocycles. The van der Waals surface area contributed by atoms with Gasteiger partial charge < -0.3 is 10.5 Å². The average Bonchev–Trinajstić information content (AvgIpc) is 2.46. The molecule has 0 aliphatic rings. The Hall–Kier alpha value is -1.94. The Balaban J connectivity index is 2.08. The van der Waals surface area contributed by atoms with E-state index >= 15 is 0 Å². The van der Waals surface area contributed by atoms with Gasteiger partial charge >= 0.3 is 5.97 Å². The molecule has 2 aromatic rings. The van der Waals surface area contributed by atoms with Crippen molar-refractivity contribution in [3.63, 3.8) is 0 Å². The lowest BCUT2D eigenvalue weighted by Crippen LogP contribution is -2.01. The van der Waals surface area contributed by atoms with Crippen LogP contribution in [-0.2, 0) is 10.5 Å². The normalized spacial score (nSPS) is 10.2. The second kappa shape index (κ2) is 6.29. The summed E-state index contributed by atoms with van der Waals surface area (Å²) >= 11 is 1.65. The molecule has 0 aliphatic heterocycles. The first kappa shape index (κ1) is 13.5. The van der Waals surface area contributed by atoms with Gasteiger partial charge in [0.2, 0.25) is 0 Å². The molecule has 0 amide bonds. The number of nitrogens with two attached hydrogens (primary N) is 1. The maximum atomic E-state index is 11.4. The molecule has 0 aromatic heterocycles. The smallest absolute Gasteiger partial charge is 0.337 e. The molecular weight excluding hydrogens is 258 g/mol. The predicted octanol–water partition coefficient (Wildman–Crippen LogP) is 3.35. The molecule has 3 nitrogen and oxygen atoms in total. The van der Waals surface area contributed by atoms with Crippen LogP contribution in [0, 0.1) is 0 Å². The SMILES string of the molecule is COC(=O)c1cccc(CSc2ccccc2N)c1. The number of rotatable bonds is 4. The van der Waals surface area contributed by atoms with Gasteiger partial charge in [0.05, 0.1) is 12.7 Å². The van der Waals surface area contributed by atoms with Crippen molar-refractivity contribution in [3.8, 4) is 0 Å². The van der Waals surface area contributed by atoms with E-state index in [1.54, 1.807) is 17.8 Å². The van der Waals surface area contributed by atoms with E-state index in [2.05, 4.69) is 0 Å². The molecule has 98 valence electrons. The van der Waals surface area contributed by atoms with Crippen molar-refractivity contribution >= 4 is 23.4 Å². The van der Waals surface area contributed by atoms with Crippen LogP contribution in [0.3, 0.4) is 0 Å². The third kappa shape index (κ3) is 3.51. The molecule has 0 unspecified atom stereocenters. The van der Waals surface area contributed by atoms with Gasteiger partial charge in [-0.25, -0.2) is 4.79 Å². The van der Waals surface area contributed by atoms with Gasteiger partial charge in [-0.1, -0.05) is 24.3 Å². The first-order valence-electron chi connectivity index (χ1n) is 5.85. The summed E-state index contributed by atoms with van der Waals surface area (Å²) in [4.78, 5) is 12.5. The monoisotopic (exact) mass is 273 g/mol. The van der Waals surface area contributed by atoms with Crippen LogP contribution in [0.15, 0.2) is 53.4 Å². The van der Waals surface area contributed by atoms with Crippen LogP contribution in [0.4, 0.5) is 5.69 Å². The molecule has 0 spiro atoms. The minimum atomic E-state index is -0.314. The zero-order valence-electron chi connectivity index (χ0n) is 10.6. The van der Waals surface area contributed by atoms with Crippen molar-refractivity contribution in [2.45, 2.75) is 10.6 Å². The molecule has 0 saturated heterocycles. The Labute approximate surface area is 116 Å². The summed E-state index contributed by atoms with van der Waals surface area (Å²) in [5.41, 5.74) is 8.30. The Morgan fingerprint density at radius 3 is 2.74 bits per heavy atom. The lowest BCUT2D eigenvalue weighted by Gasteiger charge is -2.06. The Kier molecular flexibility index (Phi) is 4.47. The van der Waals surface area contributed by atoms with Gasteiger partial charge in [0, 0.05) is 16.3 Å². The molecular formula is C15H15NO2S. The third-order valence-electron chi connectivity index (χ3n) is 2.66. The lowest BCUT2D eigenvalue weighted by atomic mass is 10.1. The van der Waals surface area contributed by atoms with Crippen molar-refractivity contribution in [1.29, 1.82) is 0 Å². The van der Waals surface area contributed by atoms with Crippen molar-refractivity contribution in [1.82, 2.24) is 0 Å². The van der Waals surface area contributed by atoms with Crippen LogP contribution >= 0.6 is 11.8 Å². The number of nitrogen functional groups attached to an aromatic ring is 1. The number of hydrogen-bond acceptors (Lipinski definition) is 4. The Morgan fingerprint density at radius 1 is 1.21 bits per heavy atom. The summed E-state index contributed by atoms with van der Waals surface area (Å²) in [6.45, 7) is 0. The number of methoxy groups -OCH3 is 1. The second-order valence-electron chi connectivity index (χ2n) is 4.02. The number of para-hydroxylation sites is 1. The predicted molar refractivity (Wildman–Crippen MR) is 78.2 cm³/mol. The van der Waals surface area contributed by atoms with E-state index in [0.29, 0.717) is 5.56 Å². The van der Waals surface area contributed by atoms with E-state index in [1.807, 2.05) is 42.5 Å². The summed E-state index contributed by atoms with van der Waals surface area (Å²) in [5, 5.41) is 0. The van der Waals surface area contributed by atoms with E-state index in [4.69, 9.17) is 10.5 Å². The van der Waals surface area contributed by atoms with Crippen LogP contribution in [0.1, 0.15) is 15.9 Å². The first-order chi connectivity index (χ1) is 9.20. The summed E-state index contributed by atoms with van der Waals surface area (Å²) in [6, 6.07) is 15.2. The number of carbonyl (C=O) groups is 1. The van der Waals surface area contributed by atoms with Gasteiger partial charge in [0.25, 0.3) is 0 Å². The van der Waals surface area contributed by atoms with Crippen molar-refractivity contribution in [2.24, 2.45) is 0 Å². The fraction of sp³-hybridized carbons (Fsp3) is 0.133. The molecule has 4 heteroatoms. The van der Waals surface area contributed by atoms with E-state index in [0.717, 1.165) is 21.9 Å². The molecule has 0 saturated carbocycles. The number of anilines is 1. The maximum absolute atomic E-state index is 11.4. The third-order valence-corrected chi connectivity index (χ3v) is 3.82. The molecule has 2 rings (SSSR count). The standard InChI is InChI=1S/C15H15NO2S/c1-18-15(17)12-6-4-5-11(9-12)10-19-14-8-3-2-7-13(14)16/h2-9H,10,16H2,1H3. The highest BCUT2D eigenvalue weighted by Gasteiger charge is 2.06. The average molecular weight is 273 g/mol. The van der Waals surface area contributed by atoms with Crippen molar-refractivity contribution in [3.05, 3.63) is 59.7 Å². The van der Waals surface area contributed by atoms with Gasteiger partial charge in [-0.15, -0.1) is 11.8 Å². The molecule has 0 bridgehead atoms. The van der Waals surface area contributed by atoms with Crippen LogP contribution < -0.4 is 5.73 Å². The molecule has 2 N–H and O–H groups in total. The van der Waals surface area contributed by atoms with E-state index in [9.17, 15) is 4.79 Å². The van der Waals surface area contributed by atoms with Crippen LogP contribution in [0.5, 0.6) is 0 Å². The number of hydrogen-bond donors (Lipinski definition) is 1. The summed E-state index contributed by atoms with van der Waals surface area (Å²) in [5.74, 6) is 0.449. The quantitative estimate of drug-likeness (QED) is 0.527. The topological polar surface area (TPSA) is 52.3 Å². The van der Waals surface area contributed by atoms with Crippen LogP contribution in [-0.4, -0.2) is 13.1 Å². The minimum Gasteiger partial charge on any atom is -0.465 e. The van der Waals surface area contributed by atoms with E-state index in [-0.39, 0.29) is 5.97 Å². The van der Waals surface area contributed by atoms with Gasteiger partial charge in [-0.05, 0) is 29.8 Å². The number of thioether (sulfide) groups is 1. The second-order valence-corrected chi connectivity index (χ2v) is 5.04. The maximum Gasteiger partial charge on any atom is 0.337 e. The fourth-order valence-corrected chi connectivity index (χ4v) is 2.59. The highest BCUT2D eigenvalue weighted by Crippen LogP contribution is 2.27. The number of esters is 1. The molecule has 0 fully saturated rings. The molecule has 2 aromatic carbocycles. The highest BCUT2D eigenvalue weighted by atomic mass is 32.2. The summed E-state index contributed by atoms with van der Waals surface area (Å²) in [6.07, 6.45) is 0. The zero-order valence-corrected chi connectivity index (χ0v) is 11.4. The van der Waals surface area contributed by atoms with Gasteiger partial charge in [-0.2, -0.15) is 0 Å². The summed E-state index contributed by atoms with van der Waals surface area (Å²) in [7, 11) is 1.38.